The normalized spacial score (nSPS) is 14.7. The summed E-state index contributed by atoms with van der Waals surface area (Å²) in [7, 11) is 3.14. The highest BCUT2D eigenvalue weighted by molar-refractivity contribution is 7.98. The first-order valence-electron chi connectivity index (χ1n) is 8.93. The molecule has 0 aliphatic carbocycles. The Morgan fingerprint density at radius 3 is 2.41 bits per heavy atom. The van der Waals surface area contributed by atoms with Crippen molar-refractivity contribution in [3.8, 4) is 0 Å². The van der Waals surface area contributed by atoms with Crippen LogP contribution in [-0.4, -0.2) is 79.3 Å². The van der Waals surface area contributed by atoms with Crippen LogP contribution >= 0.6 is 24.0 Å². The lowest BCUT2D eigenvalue weighted by Crippen LogP contribution is -2.28. The minimum atomic E-state index is -4.37. The van der Waals surface area contributed by atoms with Gasteiger partial charge in [0.1, 0.15) is 12.0 Å². The number of alkyl halides is 3. The lowest BCUT2D eigenvalue weighted by Gasteiger charge is -2.21. The SMILES string of the molecule is COCCOCCN1C=CN(CCCCCCSN(C)OSC(F)(F)F)C1. The summed E-state index contributed by atoms with van der Waals surface area (Å²) in [5.41, 5.74) is -4.37. The summed E-state index contributed by atoms with van der Waals surface area (Å²) in [5, 5.41) is 0. The molecular weight excluding hydrogens is 403 g/mol. The maximum atomic E-state index is 12.0. The fourth-order valence-corrected chi connectivity index (χ4v) is 3.36. The van der Waals surface area contributed by atoms with Crippen LogP contribution in [0.15, 0.2) is 12.4 Å². The molecule has 1 aliphatic rings. The highest BCUT2D eigenvalue weighted by Gasteiger charge is 2.31. The molecule has 1 aliphatic heterocycles. The van der Waals surface area contributed by atoms with E-state index in [0.29, 0.717) is 19.8 Å². The summed E-state index contributed by atoms with van der Waals surface area (Å²) < 4.78 is 52.0. The Bertz CT molecular complexity index is 407. The third kappa shape index (κ3) is 14.3. The number of unbranched alkanes of at least 4 members (excludes halogenated alkanes) is 3. The van der Waals surface area contributed by atoms with Crippen molar-refractivity contribution < 1.29 is 26.9 Å². The van der Waals surface area contributed by atoms with Crippen LogP contribution in [0.3, 0.4) is 0 Å². The molecule has 1 heterocycles. The zero-order valence-electron chi connectivity index (χ0n) is 15.9. The largest absolute Gasteiger partial charge is 0.469 e. The van der Waals surface area contributed by atoms with Crippen molar-refractivity contribution in [2.45, 2.75) is 31.2 Å². The molecule has 0 atom stereocenters. The highest BCUT2D eigenvalue weighted by Crippen LogP contribution is 2.32. The van der Waals surface area contributed by atoms with Crippen molar-refractivity contribution >= 4 is 24.0 Å². The Balaban J connectivity index is 1.89. The van der Waals surface area contributed by atoms with Gasteiger partial charge in [0.2, 0.25) is 0 Å². The molecule has 0 fully saturated rings. The molecule has 0 aromatic rings. The first kappa shape index (κ1) is 24.7. The number of hydrogen-bond donors (Lipinski definition) is 0. The highest BCUT2D eigenvalue weighted by atomic mass is 32.2. The quantitative estimate of drug-likeness (QED) is 0.157. The summed E-state index contributed by atoms with van der Waals surface area (Å²) in [4.78, 5) is 4.50. The van der Waals surface area contributed by atoms with Crippen LogP contribution in [-0.2, 0) is 13.8 Å². The van der Waals surface area contributed by atoms with Gasteiger partial charge in [-0.05, 0) is 12.8 Å². The van der Waals surface area contributed by atoms with Crippen LogP contribution in [0, 0.1) is 0 Å². The molecule has 0 unspecified atom stereocenters. The standard InChI is InChI=1S/C16H30F3N3O3S2/c1-20(25-27-16(17,18)19)26-14-6-4-3-5-7-21-8-9-22(15-21)10-11-24-13-12-23-2/h8-9H,3-7,10-15H2,1-2H3. The fraction of sp³-hybridized carbons (Fsp3) is 0.875. The number of halogens is 3. The van der Waals surface area contributed by atoms with E-state index >= 15 is 0 Å². The minimum Gasteiger partial charge on any atom is -0.382 e. The topological polar surface area (TPSA) is 37.4 Å². The van der Waals surface area contributed by atoms with Crippen LogP contribution in [0.1, 0.15) is 25.7 Å². The van der Waals surface area contributed by atoms with Crippen LogP contribution in [0.4, 0.5) is 13.2 Å². The van der Waals surface area contributed by atoms with E-state index in [2.05, 4.69) is 26.5 Å². The van der Waals surface area contributed by atoms with Crippen molar-refractivity contribution in [2.24, 2.45) is 0 Å². The average molecular weight is 434 g/mol. The van der Waals surface area contributed by atoms with E-state index in [-0.39, 0.29) is 0 Å². The molecule has 6 nitrogen and oxygen atoms in total. The fourth-order valence-electron chi connectivity index (χ4n) is 2.31. The van der Waals surface area contributed by atoms with Crippen molar-refractivity contribution in [3.63, 3.8) is 0 Å². The van der Waals surface area contributed by atoms with Gasteiger partial charge in [0.15, 0.2) is 0 Å². The van der Waals surface area contributed by atoms with Gasteiger partial charge in [-0.2, -0.15) is 13.2 Å². The van der Waals surface area contributed by atoms with Gasteiger partial charge >= 0.3 is 5.51 Å². The van der Waals surface area contributed by atoms with Crippen molar-refractivity contribution in [1.29, 1.82) is 0 Å². The molecule has 0 N–H and O–H groups in total. The van der Waals surface area contributed by atoms with E-state index in [1.54, 1.807) is 7.11 Å². The van der Waals surface area contributed by atoms with E-state index in [0.717, 1.165) is 55.7 Å². The van der Waals surface area contributed by atoms with Crippen LogP contribution in [0.5, 0.6) is 0 Å². The number of ether oxygens (including phenoxy) is 2. The van der Waals surface area contributed by atoms with Crippen LogP contribution in [0.25, 0.3) is 0 Å². The summed E-state index contributed by atoms with van der Waals surface area (Å²) in [5.74, 6) is 0.745. The Morgan fingerprint density at radius 1 is 1.00 bits per heavy atom. The molecule has 0 aromatic carbocycles. The van der Waals surface area contributed by atoms with E-state index in [1.807, 2.05) is 0 Å². The third-order valence-electron chi connectivity index (χ3n) is 3.66. The van der Waals surface area contributed by atoms with Gasteiger partial charge in [0.05, 0.1) is 26.5 Å². The molecule has 0 saturated carbocycles. The molecule has 11 heteroatoms. The zero-order valence-corrected chi connectivity index (χ0v) is 17.6. The first-order valence-corrected chi connectivity index (χ1v) is 10.6. The van der Waals surface area contributed by atoms with Gasteiger partial charge in [-0.1, -0.05) is 24.8 Å². The summed E-state index contributed by atoms with van der Waals surface area (Å²) in [6.45, 7) is 4.71. The molecule has 0 spiro atoms. The molecule has 0 saturated heterocycles. The zero-order chi connectivity index (χ0) is 20.0. The van der Waals surface area contributed by atoms with Gasteiger partial charge < -0.3 is 19.3 Å². The second kappa shape index (κ2) is 14.6. The summed E-state index contributed by atoms with van der Waals surface area (Å²) >= 11 is 0.767. The van der Waals surface area contributed by atoms with Gasteiger partial charge in [0.25, 0.3) is 0 Å². The number of methoxy groups -OCH3 is 1. The predicted molar refractivity (Wildman–Crippen MR) is 104 cm³/mol. The Kier molecular flexibility index (Phi) is 13.4. The van der Waals surface area contributed by atoms with Gasteiger partial charge in [0, 0.05) is 45.4 Å². The molecule has 1 rings (SSSR count). The lowest BCUT2D eigenvalue weighted by molar-refractivity contribution is -0.0488. The molecule has 160 valence electrons. The monoisotopic (exact) mass is 433 g/mol. The van der Waals surface area contributed by atoms with Crippen molar-refractivity contribution in [2.75, 3.05) is 59.5 Å². The van der Waals surface area contributed by atoms with E-state index in [4.69, 9.17) is 9.47 Å². The van der Waals surface area contributed by atoms with E-state index in [1.165, 1.54) is 19.0 Å². The molecule has 0 aromatic heterocycles. The number of hydrogen-bond acceptors (Lipinski definition) is 8. The average Bonchev–Trinajstić information content (AvgIpc) is 3.06. The summed E-state index contributed by atoms with van der Waals surface area (Å²) in [6, 6.07) is 0. The molecule has 0 amide bonds. The maximum Gasteiger partial charge on any atom is 0.469 e. The van der Waals surface area contributed by atoms with Gasteiger partial charge in [-0.3, -0.25) is 0 Å². The van der Waals surface area contributed by atoms with Crippen LogP contribution < -0.4 is 0 Å². The number of rotatable bonds is 16. The van der Waals surface area contributed by atoms with E-state index in [9.17, 15) is 13.2 Å². The Hall–Kier alpha value is -0.330. The Morgan fingerprint density at radius 2 is 1.70 bits per heavy atom. The molecule has 0 radical (unpaired) electrons. The first-order chi connectivity index (χ1) is 12.9. The van der Waals surface area contributed by atoms with Crippen molar-refractivity contribution in [1.82, 2.24) is 14.3 Å². The molecular formula is C16H30F3N3O3S2. The third-order valence-corrected chi connectivity index (χ3v) is 5.15. The second-order valence-corrected chi connectivity index (χ2v) is 7.92. The van der Waals surface area contributed by atoms with Gasteiger partial charge in [-0.15, -0.1) is 4.47 Å². The van der Waals surface area contributed by atoms with Crippen molar-refractivity contribution in [3.05, 3.63) is 12.4 Å². The number of nitrogens with zero attached hydrogens (tertiary/aromatic N) is 3. The summed E-state index contributed by atoms with van der Waals surface area (Å²) in [6.07, 6.45) is 8.41. The van der Waals surface area contributed by atoms with E-state index < -0.39 is 17.6 Å². The van der Waals surface area contributed by atoms with Crippen LogP contribution in [0.2, 0.25) is 0 Å². The predicted octanol–water partition coefficient (Wildman–Crippen LogP) is 3.94. The minimum absolute atomic E-state index is 0.488. The second-order valence-electron chi connectivity index (χ2n) is 5.96. The smallest absolute Gasteiger partial charge is 0.382 e. The van der Waals surface area contributed by atoms with Gasteiger partial charge in [-0.25, -0.2) is 4.28 Å². The molecule has 0 bridgehead atoms. The Labute approximate surface area is 168 Å². The molecule has 27 heavy (non-hydrogen) atoms. The number of hydroxylamine groups is 1. The maximum absolute atomic E-state index is 12.0. The lowest BCUT2D eigenvalue weighted by atomic mass is 10.2.